The van der Waals surface area contributed by atoms with E-state index >= 15 is 0 Å². The van der Waals surface area contributed by atoms with Crippen LogP contribution >= 0.6 is 0 Å². The monoisotopic (exact) mass is 377 g/mol. The van der Waals surface area contributed by atoms with Crippen molar-refractivity contribution < 1.29 is 22.6 Å². The van der Waals surface area contributed by atoms with Gasteiger partial charge in [0.15, 0.2) is 11.5 Å². The van der Waals surface area contributed by atoms with E-state index in [2.05, 4.69) is 4.72 Å². The van der Waals surface area contributed by atoms with E-state index in [0.717, 1.165) is 5.56 Å². The summed E-state index contributed by atoms with van der Waals surface area (Å²) in [6, 6.07) is 11.8. The van der Waals surface area contributed by atoms with Crippen molar-refractivity contribution in [3.63, 3.8) is 0 Å². The summed E-state index contributed by atoms with van der Waals surface area (Å²) in [4.78, 5) is 0.147. The van der Waals surface area contributed by atoms with Gasteiger partial charge in [0, 0.05) is 18.1 Å². The molecule has 7 heteroatoms. The lowest BCUT2D eigenvalue weighted by Crippen LogP contribution is -2.32. The van der Waals surface area contributed by atoms with E-state index in [1.165, 1.54) is 12.1 Å². The fraction of sp³-hybridized carbons (Fsp3) is 0.368. The maximum atomic E-state index is 12.9. The molecule has 2 aromatic rings. The number of ether oxygens (including phenoxy) is 3. The number of hydrogen-bond donors (Lipinski definition) is 1. The van der Waals surface area contributed by atoms with Gasteiger partial charge in [-0.3, -0.25) is 0 Å². The first kappa shape index (κ1) is 18.5. The molecule has 1 atom stereocenters. The molecule has 26 heavy (non-hydrogen) atoms. The number of fused-ring (bicyclic) bond motifs is 1. The normalized spacial score (nSPS) is 16.5. The van der Waals surface area contributed by atoms with Gasteiger partial charge >= 0.3 is 0 Å². The first-order valence-corrected chi connectivity index (χ1v) is 10.2. The molecule has 0 saturated heterocycles. The van der Waals surface area contributed by atoms with Crippen molar-refractivity contribution >= 4 is 10.0 Å². The molecule has 0 amide bonds. The van der Waals surface area contributed by atoms with E-state index in [1.54, 1.807) is 6.07 Å². The molecule has 0 spiro atoms. The molecule has 1 aliphatic heterocycles. The van der Waals surface area contributed by atoms with Crippen LogP contribution in [0.2, 0.25) is 0 Å². The van der Waals surface area contributed by atoms with Crippen LogP contribution in [0.25, 0.3) is 0 Å². The highest BCUT2D eigenvalue weighted by Gasteiger charge is 2.27. The lowest BCUT2D eigenvalue weighted by molar-refractivity contribution is 0.263. The molecule has 1 N–H and O–H groups in total. The lowest BCUT2D eigenvalue weighted by atomic mass is 10.0. The van der Waals surface area contributed by atoms with Gasteiger partial charge in [0.1, 0.15) is 5.75 Å². The second-order valence-corrected chi connectivity index (χ2v) is 7.54. The Morgan fingerprint density at radius 3 is 2.58 bits per heavy atom. The van der Waals surface area contributed by atoms with Crippen molar-refractivity contribution in [1.82, 2.24) is 4.72 Å². The maximum Gasteiger partial charge on any atom is 0.241 e. The highest BCUT2D eigenvalue weighted by Crippen LogP contribution is 2.34. The van der Waals surface area contributed by atoms with Crippen LogP contribution in [0.3, 0.4) is 0 Å². The van der Waals surface area contributed by atoms with Gasteiger partial charge in [-0.2, -0.15) is 0 Å². The number of hydrogen-bond acceptors (Lipinski definition) is 5. The number of rotatable bonds is 7. The van der Waals surface area contributed by atoms with Crippen LogP contribution in [-0.2, 0) is 10.0 Å². The summed E-state index contributed by atoms with van der Waals surface area (Å²) in [7, 11) is -3.72. The standard InChI is InChI=1S/C19H23NO5S/c1-3-23-18-10-9-14(13-19(18)24-4-2)26(21,22)20-16-11-12-25-17-8-6-5-7-15(16)17/h5-10,13,16,20H,3-4,11-12H2,1-2H3/t16-/m0/s1. The van der Waals surface area contributed by atoms with E-state index in [0.29, 0.717) is 43.5 Å². The van der Waals surface area contributed by atoms with Crippen LogP contribution in [0.15, 0.2) is 47.4 Å². The van der Waals surface area contributed by atoms with Gasteiger partial charge in [-0.1, -0.05) is 18.2 Å². The minimum absolute atomic E-state index is 0.147. The molecule has 1 aliphatic rings. The van der Waals surface area contributed by atoms with Gasteiger partial charge in [0.2, 0.25) is 10.0 Å². The zero-order valence-electron chi connectivity index (χ0n) is 14.9. The van der Waals surface area contributed by atoms with Gasteiger partial charge in [0.05, 0.1) is 30.8 Å². The molecule has 6 nitrogen and oxygen atoms in total. The summed E-state index contributed by atoms with van der Waals surface area (Å²) in [6.45, 7) is 5.07. The minimum atomic E-state index is -3.72. The fourth-order valence-electron chi connectivity index (χ4n) is 2.92. The predicted molar refractivity (Wildman–Crippen MR) is 98.4 cm³/mol. The maximum absolute atomic E-state index is 12.9. The Bertz CT molecular complexity index is 866. The quantitative estimate of drug-likeness (QED) is 0.801. The third kappa shape index (κ3) is 3.94. The second-order valence-electron chi connectivity index (χ2n) is 5.82. The number of sulfonamides is 1. The molecule has 0 bridgehead atoms. The zero-order chi connectivity index (χ0) is 18.6. The topological polar surface area (TPSA) is 73.9 Å². The predicted octanol–water partition coefficient (Wildman–Crippen LogP) is 3.29. The van der Waals surface area contributed by atoms with Crippen LogP contribution in [-0.4, -0.2) is 28.2 Å². The third-order valence-electron chi connectivity index (χ3n) is 4.08. The molecule has 2 aromatic carbocycles. The molecule has 3 rings (SSSR count). The van der Waals surface area contributed by atoms with Gasteiger partial charge in [-0.25, -0.2) is 13.1 Å². The Morgan fingerprint density at radius 1 is 1.08 bits per heavy atom. The van der Waals surface area contributed by atoms with Crippen LogP contribution in [0.1, 0.15) is 31.9 Å². The van der Waals surface area contributed by atoms with Crippen molar-refractivity contribution in [2.75, 3.05) is 19.8 Å². The molecule has 0 fully saturated rings. The Hall–Kier alpha value is -2.25. The first-order chi connectivity index (χ1) is 12.5. The SMILES string of the molecule is CCOc1ccc(S(=O)(=O)N[C@H]2CCOc3ccccc32)cc1OCC. The summed E-state index contributed by atoms with van der Waals surface area (Å²) in [5.74, 6) is 1.67. The number of nitrogens with one attached hydrogen (secondary N) is 1. The van der Waals surface area contributed by atoms with E-state index in [-0.39, 0.29) is 10.9 Å². The van der Waals surface area contributed by atoms with E-state index in [1.807, 2.05) is 38.1 Å². The van der Waals surface area contributed by atoms with Crippen molar-refractivity contribution in [2.45, 2.75) is 31.2 Å². The smallest absolute Gasteiger partial charge is 0.241 e. The average molecular weight is 377 g/mol. The highest BCUT2D eigenvalue weighted by atomic mass is 32.2. The lowest BCUT2D eigenvalue weighted by Gasteiger charge is -2.26. The third-order valence-corrected chi connectivity index (χ3v) is 5.55. The van der Waals surface area contributed by atoms with Gasteiger partial charge in [0.25, 0.3) is 0 Å². The Morgan fingerprint density at radius 2 is 1.81 bits per heavy atom. The molecule has 1 heterocycles. The molecule has 0 unspecified atom stereocenters. The second kappa shape index (κ2) is 7.97. The Kier molecular flexibility index (Phi) is 5.68. The highest BCUT2D eigenvalue weighted by molar-refractivity contribution is 7.89. The molecule has 0 aliphatic carbocycles. The molecule has 0 radical (unpaired) electrons. The van der Waals surface area contributed by atoms with Crippen molar-refractivity contribution in [1.29, 1.82) is 0 Å². The van der Waals surface area contributed by atoms with Crippen LogP contribution in [0.4, 0.5) is 0 Å². The van der Waals surface area contributed by atoms with Crippen LogP contribution in [0, 0.1) is 0 Å². The summed E-state index contributed by atoms with van der Waals surface area (Å²) < 4.78 is 45.2. The van der Waals surface area contributed by atoms with Crippen LogP contribution in [0.5, 0.6) is 17.2 Å². The summed E-state index contributed by atoms with van der Waals surface area (Å²) >= 11 is 0. The molecule has 140 valence electrons. The molecular weight excluding hydrogens is 354 g/mol. The minimum Gasteiger partial charge on any atom is -0.493 e. The summed E-state index contributed by atoms with van der Waals surface area (Å²) in [5, 5.41) is 0. The van der Waals surface area contributed by atoms with Crippen LogP contribution < -0.4 is 18.9 Å². The summed E-state index contributed by atoms with van der Waals surface area (Å²) in [6.07, 6.45) is 0.575. The largest absolute Gasteiger partial charge is 0.493 e. The average Bonchev–Trinajstić information content (AvgIpc) is 2.63. The van der Waals surface area contributed by atoms with Gasteiger partial charge in [-0.05, 0) is 32.0 Å². The van der Waals surface area contributed by atoms with Crippen molar-refractivity contribution in [3.05, 3.63) is 48.0 Å². The number of para-hydroxylation sites is 1. The van der Waals surface area contributed by atoms with E-state index in [4.69, 9.17) is 14.2 Å². The summed E-state index contributed by atoms with van der Waals surface area (Å²) in [5.41, 5.74) is 0.846. The first-order valence-electron chi connectivity index (χ1n) is 8.69. The van der Waals surface area contributed by atoms with Gasteiger partial charge < -0.3 is 14.2 Å². The number of benzene rings is 2. The van der Waals surface area contributed by atoms with Crippen molar-refractivity contribution in [2.24, 2.45) is 0 Å². The molecule has 0 saturated carbocycles. The van der Waals surface area contributed by atoms with Crippen molar-refractivity contribution in [3.8, 4) is 17.2 Å². The Labute approximate surface area is 154 Å². The zero-order valence-corrected chi connectivity index (χ0v) is 15.7. The Balaban J connectivity index is 1.88. The van der Waals surface area contributed by atoms with E-state index < -0.39 is 10.0 Å². The molecular formula is C19H23NO5S. The fourth-order valence-corrected chi connectivity index (χ4v) is 4.18. The van der Waals surface area contributed by atoms with Gasteiger partial charge in [-0.15, -0.1) is 0 Å². The molecule has 0 aromatic heterocycles. The van der Waals surface area contributed by atoms with E-state index in [9.17, 15) is 8.42 Å².